The molecule has 8 heteroatoms. The van der Waals surface area contributed by atoms with E-state index >= 15 is 0 Å². The van der Waals surface area contributed by atoms with Crippen molar-refractivity contribution in [3.05, 3.63) is 23.0 Å². The first kappa shape index (κ1) is 13.9. The third-order valence-electron chi connectivity index (χ3n) is 5.20. The summed E-state index contributed by atoms with van der Waals surface area (Å²) in [5.74, 6) is -0.229. The van der Waals surface area contributed by atoms with Gasteiger partial charge in [-0.05, 0) is 19.1 Å². The highest BCUT2D eigenvalue weighted by Crippen LogP contribution is 2.49. The monoisotopic (exact) mass is 324 g/mol. The molecule has 1 saturated heterocycles. The minimum atomic E-state index is -1.29. The van der Waals surface area contributed by atoms with Crippen LogP contribution in [0.1, 0.15) is 29.9 Å². The van der Waals surface area contributed by atoms with E-state index in [0.717, 1.165) is 0 Å². The fraction of sp³-hybridized carbons (Fsp3) is 0.571. The third kappa shape index (κ3) is 1.41. The Labute approximate surface area is 132 Å². The molecule has 4 atom stereocenters. The Morgan fingerprint density at radius 3 is 2.86 bits per heavy atom. The Bertz CT molecular complexity index is 690. The lowest BCUT2D eigenvalue weighted by Gasteiger charge is -2.34. The minimum Gasteiger partial charge on any atom is -0.368 e. The number of hydrogen-bond donors (Lipinski definition) is 2. The molecule has 1 aromatic rings. The third-order valence-corrected chi connectivity index (χ3v) is 5.51. The van der Waals surface area contributed by atoms with Crippen LogP contribution in [-0.4, -0.2) is 62.8 Å². The Kier molecular flexibility index (Phi) is 2.64. The predicted molar refractivity (Wildman–Crippen MR) is 78.6 cm³/mol. The minimum absolute atomic E-state index is 0.171. The van der Waals surface area contributed by atoms with Gasteiger partial charge in [0.15, 0.2) is 5.72 Å². The number of carbonyl (C=O) groups excluding carboxylic acids is 2. The fourth-order valence-electron chi connectivity index (χ4n) is 4.36. The van der Waals surface area contributed by atoms with E-state index in [9.17, 15) is 14.7 Å². The number of carbonyl (C=O) groups is 2. The maximum atomic E-state index is 12.3. The number of likely N-dealkylation sites (N-methyl/N-ethyl adjacent to an activating group) is 2. The van der Waals surface area contributed by atoms with Crippen LogP contribution in [0.25, 0.3) is 0 Å². The predicted octanol–water partition coefficient (Wildman–Crippen LogP) is 0.643. The van der Waals surface area contributed by atoms with Gasteiger partial charge in [0.2, 0.25) is 0 Å². The van der Waals surface area contributed by atoms with Crippen LogP contribution in [0.2, 0.25) is 5.15 Å². The van der Waals surface area contributed by atoms with Crippen LogP contribution in [-0.2, 0) is 0 Å². The molecule has 0 spiro atoms. The molecule has 0 radical (unpaired) electrons. The van der Waals surface area contributed by atoms with Crippen molar-refractivity contribution in [2.75, 3.05) is 13.6 Å². The van der Waals surface area contributed by atoms with Crippen molar-refractivity contribution >= 4 is 23.5 Å². The first-order valence-electron chi connectivity index (χ1n) is 7.34. The van der Waals surface area contributed by atoms with Gasteiger partial charge in [0, 0.05) is 20.0 Å². The molecule has 2 fully saturated rings. The van der Waals surface area contributed by atoms with Gasteiger partial charge in [-0.2, -0.15) is 0 Å². The second-order valence-corrected chi connectivity index (χ2v) is 6.53. The van der Waals surface area contributed by atoms with Crippen LogP contribution in [0.15, 0.2) is 12.1 Å². The average molecular weight is 325 g/mol. The molecule has 2 N–H and O–H groups in total. The summed E-state index contributed by atoms with van der Waals surface area (Å²) in [4.78, 5) is 27.6. The highest BCUT2D eigenvalue weighted by molar-refractivity contribution is 6.30. The molecule has 4 rings (SSSR count). The van der Waals surface area contributed by atoms with Crippen LogP contribution >= 0.6 is 11.6 Å². The van der Waals surface area contributed by atoms with Gasteiger partial charge >= 0.3 is 6.03 Å². The van der Waals surface area contributed by atoms with Crippen molar-refractivity contribution < 1.29 is 14.7 Å². The van der Waals surface area contributed by atoms with Gasteiger partial charge in [-0.3, -0.25) is 9.69 Å². The molecule has 0 unspecified atom stereocenters. The number of amides is 3. The maximum absolute atomic E-state index is 12.3. The number of nitrogens with zero attached hydrogens (tertiary/aromatic N) is 3. The Morgan fingerprint density at radius 1 is 1.45 bits per heavy atom. The Hall–Kier alpha value is -1.73. The van der Waals surface area contributed by atoms with Crippen molar-refractivity contribution in [3.63, 3.8) is 0 Å². The van der Waals surface area contributed by atoms with E-state index in [1.54, 1.807) is 23.7 Å². The summed E-state index contributed by atoms with van der Waals surface area (Å²) in [5.41, 5.74) is -0.801. The van der Waals surface area contributed by atoms with Gasteiger partial charge in [-0.25, -0.2) is 4.79 Å². The van der Waals surface area contributed by atoms with E-state index in [2.05, 4.69) is 5.32 Å². The van der Waals surface area contributed by atoms with Crippen molar-refractivity contribution in [1.82, 2.24) is 19.7 Å². The Balaban J connectivity index is 1.84. The van der Waals surface area contributed by atoms with Crippen LogP contribution in [0.5, 0.6) is 0 Å². The second-order valence-electron chi connectivity index (χ2n) is 6.14. The van der Waals surface area contributed by atoms with E-state index in [0.29, 0.717) is 23.8 Å². The number of aliphatic hydroxyl groups is 1. The summed E-state index contributed by atoms with van der Waals surface area (Å²) in [6.07, 6.45) is 0.341. The van der Waals surface area contributed by atoms with Crippen LogP contribution < -0.4 is 5.32 Å². The highest BCUT2D eigenvalue weighted by Gasteiger charge is 2.66. The van der Waals surface area contributed by atoms with Gasteiger partial charge in [0.1, 0.15) is 16.9 Å². The SMILES string of the molecule is CCN1C(=O)N(C)[C@H]2[C@@H]3NC(=O)c4ccc(Cl)n4[C@@H]3C[C@]21O. The number of fused-ring (bicyclic) bond motifs is 5. The van der Waals surface area contributed by atoms with Gasteiger partial charge < -0.3 is 19.9 Å². The normalized spacial score (nSPS) is 36.3. The lowest BCUT2D eigenvalue weighted by molar-refractivity contribution is -0.0714. The summed E-state index contributed by atoms with van der Waals surface area (Å²) >= 11 is 6.23. The number of rotatable bonds is 1. The molecular formula is C14H17ClN4O3. The molecule has 0 aromatic carbocycles. The molecule has 3 amide bonds. The zero-order valence-electron chi connectivity index (χ0n) is 12.3. The number of halogens is 1. The number of aromatic nitrogens is 1. The molecule has 0 bridgehead atoms. The van der Waals surface area contributed by atoms with Gasteiger partial charge in [-0.1, -0.05) is 11.6 Å². The number of urea groups is 1. The van der Waals surface area contributed by atoms with E-state index in [1.165, 1.54) is 9.80 Å². The summed E-state index contributed by atoms with van der Waals surface area (Å²) < 4.78 is 1.77. The topological polar surface area (TPSA) is 77.8 Å². The van der Waals surface area contributed by atoms with E-state index in [1.807, 2.05) is 6.92 Å². The van der Waals surface area contributed by atoms with E-state index in [-0.39, 0.29) is 24.0 Å². The lowest BCUT2D eigenvalue weighted by Crippen LogP contribution is -2.56. The van der Waals surface area contributed by atoms with Crippen LogP contribution in [0.4, 0.5) is 4.79 Å². The molecule has 118 valence electrons. The zero-order chi connectivity index (χ0) is 15.8. The van der Waals surface area contributed by atoms with Crippen LogP contribution in [0.3, 0.4) is 0 Å². The molecule has 3 heterocycles. The van der Waals surface area contributed by atoms with E-state index in [4.69, 9.17) is 11.6 Å². The van der Waals surface area contributed by atoms with Crippen molar-refractivity contribution in [3.8, 4) is 0 Å². The molecule has 1 aliphatic carbocycles. The molecule has 3 aliphatic rings. The zero-order valence-corrected chi connectivity index (χ0v) is 13.0. The molecule has 7 nitrogen and oxygen atoms in total. The van der Waals surface area contributed by atoms with Crippen molar-refractivity contribution in [1.29, 1.82) is 0 Å². The average Bonchev–Trinajstić information content (AvgIpc) is 3.03. The quantitative estimate of drug-likeness (QED) is 0.796. The molecule has 1 aromatic heterocycles. The van der Waals surface area contributed by atoms with Crippen molar-refractivity contribution in [2.24, 2.45) is 0 Å². The second kappa shape index (κ2) is 4.17. The first-order chi connectivity index (χ1) is 10.4. The van der Waals surface area contributed by atoms with E-state index < -0.39 is 11.8 Å². The molecular weight excluding hydrogens is 308 g/mol. The van der Waals surface area contributed by atoms with Gasteiger partial charge in [-0.15, -0.1) is 0 Å². The van der Waals surface area contributed by atoms with Gasteiger partial charge in [0.05, 0.1) is 12.1 Å². The Morgan fingerprint density at radius 2 is 2.18 bits per heavy atom. The summed E-state index contributed by atoms with van der Waals surface area (Å²) in [5, 5.41) is 14.6. The first-order valence-corrected chi connectivity index (χ1v) is 7.72. The fourth-order valence-corrected chi connectivity index (χ4v) is 4.64. The smallest absolute Gasteiger partial charge is 0.322 e. The number of hydrogen-bond acceptors (Lipinski definition) is 3. The molecule has 22 heavy (non-hydrogen) atoms. The maximum Gasteiger partial charge on any atom is 0.322 e. The summed E-state index contributed by atoms with van der Waals surface area (Å²) in [7, 11) is 1.66. The van der Waals surface area contributed by atoms with Crippen molar-refractivity contribution in [2.45, 2.75) is 37.2 Å². The lowest BCUT2D eigenvalue weighted by atomic mass is 10.0. The summed E-state index contributed by atoms with van der Waals surface area (Å²) in [6.45, 7) is 2.25. The molecule has 2 aliphatic heterocycles. The highest BCUT2D eigenvalue weighted by atomic mass is 35.5. The molecule has 1 saturated carbocycles. The standard InChI is InChI=1S/C14H17ClN4O3/c1-3-18-13(21)17(2)11-10-8(6-14(11,18)22)19-7(12(20)16-10)4-5-9(19)15/h4-5,8,10-11,22H,3,6H2,1-2H3,(H,16,20)/t8-,10-,11+,14+/m1/s1. The van der Waals surface area contributed by atoms with Crippen LogP contribution in [0, 0.1) is 0 Å². The summed E-state index contributed by atoms with van der Waals surface area (Å²) in [6, 6.07) is 2.13. The number of nitrogens with one attached hydrogen (secondary N) is 1. The van der Waals surface area contributed by atoms with Gasteiger partial charge in [0.25, 0.3) is 5.91 Å². The largest absolute Gasteiger partial charge is 0.368 e.